The largest absolute Gasteiger partial charge is 0.262 e. The number of hydrogen-bond donors (Lipinski definition) is 1. The van der Waals surface area contributed by atoms with Crippen LogP contribution in [0.25, 0.3) is 28.0 Å². The van der Waals surface area contributed by atoms with Crippen molar-refractivity contribution in [3.05, 3.63) is 60.3 Å². The molecule has 4 aromatic rings. The first-order valence-corrected chi connectivity index (χ1v) is 7.94. The third kappa shape index (κ3) is 2.19. The lowest BCUT2D eigenvalue weighted by atomic mass is 10.1. The van der Waals surface area contributed by atoms with Crippen LogP contribution in [0.5, 0.6) is 0 Å². The number of aromatic amines is 1. The third-order valence-electron chi connectivity index (χ3n) is 4.33. The van der Waals surface area contributed by atoms with Gasteiger partial charge in [-0.1, -0.05) is 18.2 Å². The molecule has 24 heavy (non-hydrogen) atoms. The Bertz CT molecular complexity index is 1040. The quantitative estimate of drug-likeness (QED) is 0.624. The van der Waals surface area contributed by atoms with E-state index in [9.17, 15) is 4.39 Å². The highest BCUT2D eigenvalue weighted by atomic mass is 19.1. The molecule has 1 fully saturated rings. The lowest BCUT2D eigenvalue weighted by Gasteiger charge is -2.06. The number of halogens is 1. The standard InChI is InChI=1S/C18H14FN5/c19-14-7-13(18-21-17(22-23-18)11-5-6-11)8-15(9-14)24-16-4-2-1-3-12(16)10-20-24/h1-4,7-11H,5-6H2,(H,21,22,23). The fraction of sp³-hybridized carbons (Fsp3) is 0.167. The second kappa shape index (κ2) is 4.99. The summed E-state index contributed by atoms with van der Waals surface area (Å²) in [4.78, 5) is 4.51. The highest BCUT2D eigenvalue weighted by Crippen LogP contribution is 2.38. The Morgan fingerprint density at radius 3 is 2.88 bits per heavy atom. The van der Waals surface area contributed by atoms with Crippen molar-refractivity contribution in [1.29, 1.82) is 0 Å². The van der Waals surface area contributed by atoms with E-state index in [-0.39, 0.29) is 5.82 Å². The lowest BCUT2D eigenvalue weighted by Crippen LogP contribution is -1.98. The molecular weight excluding hydrogens is 305 g/mol. The highest BCUT2D eigenvalue weighted by Gasteiger charge is 2.27. The Kier molecular flexibility index (Phi) is 2.79. The number of H-pyrrole nitrogens is 1. The topological polar surface area (TPSA) is 59.4 Å². The van der Waals surface area contributed by atoms with E-state index in [0.29, 0.717) is 23.0 Å². The molecule has 0 saturated heterocycles. The van der Waals surface area contributed by atoms with Crippen molar-refractivity contribution < 1.29 is 4.39 Å². The summed E-state index contributed by atoms with van der Waals surface area (Å²) in [6.07, 6.45) is 4.06. The van der Waals surface area contributed by atoms with Crippen molar-refractivity contribution in [2.45, 2.75) is 18.8 Å². The summed E-state index contributed by atoms with van der Waals surface area (Å²) in [7, 11) is 0. The monoisotopic (exact) mass is 319 g/mol. The molecule has 1 saturated carbocycles. The van der Waals surface area contributed by atoms with Crippen LogP contribution in [0, 0.1) is 5.82 Å². The lowest BCUT2D eigenvalue weighted by molar-refractivity contribution is 0.626. The van der Waals surface area contributed by atoms with Crippen LogP contribution in [0.1, 0.15) is 24.6 Å². The number of benzene rings is 2. The second-order valence-electron chi connectivity index (χ2n) is 6.13. The van der Waals surface area contributed by atoms with Crippen molar-refractivity contribution in [2.75, 3.05) is 0 Å². The van der Waals surface area contributed by atoms with Crippen LogP contribution in [0.3, 0.4) is 0 Å². The number of rotatable bonds is 3. The molecule has 0 radical (unpaired) electrons. The Labute approximate surface area is 137 Å². The average Bonchev–Trinajstić information content (AvgIpc) is 3.17. The van der Waals surface area contributed by atoms with E-state index in [1.54, 1.807) is 10.9 Å². The Hall–Kier alpha value is -3.02. The molecule has 5 rings (SSSR count). The zero-order chi connectivity index (χ0) is 16.1. The number of hydrogen-bond acceptors (Lipinski definition) is 3. The molecule has 0 unspecified atom stereocenters. The Morgan fingerprint density at radius 2 is 2.00 bits per heavy atom. The van der Waals surface area contributed by atoms with Crippen LogP contribution in [0.2, 0.25) is 0 Å². The summed E-state index contributed by atoms with van der Waals surface area (Å²) in [5, 5.41) is 12.6. The van der Waals surface area contributed by atoms with Gasteiger partial charge in [0.25, 0.3) is 0 Å². The van der Waals surface area contributed by atoms with Gasteiger partial charge in [0, 0.05) is 16.9 Å². The van der Waals surface area contributed by atoms with Gasteiger partial charge in [-0.15, -0.1) is 0 Å². The van der Waals surface area contributed by atoms with Gasteiger partial charge < -0.3 is 0 Å². The fourth-order valence-electron chi connectivity index (χ4n) is 2.95. The molecular formula is C18H14FN5. The number of para-hydroxylation sites is 1. The molecule has 5 nitrogen and oxygen atoms in total. The van der Waals surface area contributed by atoms with Gasteiger partial charge in [-0.3, -0.25) is 5.10 Å². The van der Waals surface area contributed by atoms with Crippen molar-refractivity contribution in [1.82, 2.24) is 25.0 Å². The molecule has 6 heteroatoms. The minimum absolute atomic E-state index is 0.333. The predicted molar refractivity (Wildman–Crippen MR) is 88.4 cm³/mol. The van der Waals surface area contributed by atoms with Crippen LogP contribution in [-0.2, 0) is 0 Å². The van der Waals surface area contributed by atoms with Crippen LogP contribution < -0.4 is 0 Å². The number of fused-ring (bicyclic) bond motifs is 1. The molecule has 1 N–H and O–H groups in total. The van der Waals surface area contributed by atoms with Gasteiger partial charge in [-0.2, -0.15) is 10.2 Å². The molecule has 1 aliphatic carbocycles. The van der Waals surface area contributed by atoms with E-state index < -0.39 is 0 Å². The minimum Gasteiger partial charge on any atom is -0.262 e. The summed E-state index contributed by atoms with van der Waals surface area (Å²) in [6.45, 7) is 0. The van der Waals surface area contributed by atoms with Gasteiger partial charge in [0.15, 0.2) is 5.82 Å². The second-order valence-corrected chi connectivity index (χ2v) is 6.13. The van der Waals surface area contributed by atoms with Crippen LogP contribution in [-0.4, -0.2) is 25.0 Å². The molecule has 0 bridgehead atoms. The first kappa shape index (κ1) is 13.4. The molecule has 0 spiro atoms. The van der Waals surface area contributed by atoms with Crippen LogP contribution >= 0.6 is 0 Å². The molecule has 0 amide bonds. The summed E-state index contributed by atoms with van der Waals surface area (Å²) >= 11 is 0. The van der Waals surface area contributed by atoms with E-state index in [4.69, 9.17) is 0 Å². The summed E-state index contributed by atoms with van der Waals surface area (Å²) in [6, 6.07) is 12.6. The number of nitrogens with one attached hydrogen (secondary N) is 1. The van der Waals surface area contributed by atoms with Crippen LogP contribution in [0.4, 0.5) is 4.39 Å². The Morgan fingerprint density at radius 1 is 1.12 bits per heavy atom. The molecule has 2 aromatic heterocycles. The van der Waals surface area contributed by atoms with E-state index in [1.165, 1.54) is 12.1 Å². The van der Waals surface area contributed by atoms with Gasteiger partial charge in [-0.25, -0.2) is 14.1 Å². The first-order chi connectivity index (χ1) is 11.8. The van der Waals surface area contributed by atoms with Crippen molar-refractivity contribution in [2.24, 2.45) is 0 Å². The smallest absolute Gasteiger partial charge is 0.181 e. The average molecular weight is 319 g/mol. The molecule has 2 heterocycles. The number of nitrogens with zero attached hydrogens (tertiary/aromatic N) is 4. The first-order valence-electron chi connectivity index (χ1n) is 7.94. The Balaban J connectivity index is 1.63. The highest BCUT2D eigenvalue weighted by molar-refractivity contribution is 5.80. The zero-order valence-electron chi connectivity index (χ0n) is 12.8. The molecule has 118 valence electrons. The normalized spacial score (nSPS) is 14.4. The zero-order valence-corrected chi connectivity index (χ0v) is 12.8. The maximum Gasteiger partial charge on any atom is 0.181 e. The fourth-order valence-corrected chi connectivity index (χ4v) is 2.95. The summed E-state index contributed by atoms with van der Waals surface area (Å²) in [5.41, 5.74) is 2.24. The molecule has 0 atom stereocenters. The maximum atomic E-state index is 14.2. The van der Waals surface area contributed by atoms with Gasteiger partial charge in [0.1, 0.15) is 11.6 Å². The van der Waals surface area contributed by atoms with E-state index in [0.717, 1.165) is 29.6 Å². The summed E-state index contributed by atoms with van der Waals surface area (Å²) < 4.78 is 15.9. The molecule has 2 aromatic carbocycles. The van der Waals surface area contributed by atoms with Gasteiger partial charge >= 0.3 is 0 Å². The van der Waals surface area contributed by atoms with E-state index in [2.05, 4.69) is 20.3 Å². The van der Waals surface area contributed by atoms with E-state index >= 15 is 0 Å². The van der Waals surface area contributed by atoms with Gasteiger partial charge in [0.2, 0.25) is 0 Å². The summed E-state index contributed by atoms with van der Waals surface area (Å²) in [5.74, 6) is 1.56. The number of aromatic nitrogens is 5. The van der Waals surface area contributed by atoms with Gasteiger partial charge in [0.05, 0.1) is 17.4 Å². The van der Waals surface area contributed by atoms with Crippen LogP contribution in [0.15, 0.2) is 48.7 Å². The maximum absolute atomic E-state index is 14.2. The SMILES string of the molecule is Fc1cc(-c2n[nH]c(C3CC3)n2)cc(-n2ncc3ccccc32)c1. The third-order valence-corrected chi connectivity index (χ3v) is 4.33. The molecule has 1 aliphatic rings. The van der Waals surface area contributed by atoms with Gasteiger partial charge in [-0.05, 0) is 37.1 Å². The minimum atomic E-state index is -0.333. The predicted octanol–water partition coefficient (Wildman–Crippen LogP) is 3.83. The van der Waals surface area contributed by atoms with E-state index in [1.807, 2.05) is 30.3 Å². The van der Waals surface area contributed by atoms with Crippen molar-refractivity contribution in [3.8, 4) is 17.1 Å². The van der Waals surface area contributed by atoms with Crippen molar-refractivity contribution >= 4 is 10.9 Å². The van der Waals surface area contributed by atoms with Crippen molar-refractivity contribution in [3.63, 3.8) is 0 Å². The molecule has 0 aliphatic heterocycles.